The molecule has 0 aliphatic heterocycles. The molecule has 22 heavy (non-hydrogen) atoms. The van der Waals surface area contributed by atoms with Gasteiger partial charge in [0.2, 0.25) is 0 Å². The zero-order valence-corrected chi connectivity index (χ0v) is 14.4. The summed E-state index contributed by atoms with van der Waals surface area (Å²) in [5, 5.41) is 13.2. The smallest absolute Gasteiger partial charge is 0.305 e. The Bertz CT molecular complexity index is 541. The third-order valence-corrected chi connectivity index (χ3v) is 3.34. The summed E-state index contributed by atoms with van der Waals surface area (Å²) in [6, 6.07) is 0. The number of hydrogen-bond acceptors (Lipinski definition) is 3. The van der Waals surface area contributed by atoms with Crippen molar-refractivity contribution < 1.29 is 14.7 Å². The van der Waals surface area contributed by atoms with Crippen molar-refractivity contribution in [1.29, 1.82) is 0 Å². The maximum atomic E-state index is 12.7. The van der Waals surface area contributed by atoms with Gasteiger partial charge in [0.25, 0.3) is 5.91 Å². The van der Waals surface area contributed by atoms with Gasteiger partial charge in [-0.1, -0.05) is 13.8 Å². The number of carbonyl (C=O) groups excluding carboxylic acids is 1. The van der Waals surface area contributed by atoms with Crippen LogP contribution in [0.15, 0.2) is 6.20 Å². The molecule has 0 unspecified atom stereocenters. The summed E-state index contributed by atoms with van der Waals surface area (Å²) >= 11 is 0. The number of rotatable bonds is 6. The second-order valence-corrected chi connectivity index (χ2v) is 7.02. The van der Waals surface area contributed by atoms with Crippen molar-refractivity contribution in [2.45, 2.75) is 53.5 Å². The highest BCUT2D eigenvalue weighted by Gasteiger charge is 2.25. The molecule has 0 radical (unpaired) electrons. The van der Waals surface area contributed by atoms with Crippen molar-refractivity contribution in [1.82, 2.24) is 14.7 Å². The molecule has 6 nitrogen and oxygen atoms in total. The predicted octanol–water partition coefficient (Wildman–Crippen LogP) is 2.52. The average molecular weight is 309 g/mol. The first-order chi connectivity index (χ1) is 10.0. The lowest BCUT2D eigenvalue weighted by Crippen LogP contribution is -2.36. The van der Waals surface area contributed by atoms with E-state index in [0.29, 0.717) is 12.1 Å². The molecule has 1 amide bonds. The summed E-state index contributed by atoms with van der Waals surface area (Å²) < 4.78 is 1.82. The summed E-state index contributed by atoms with van der Waals surface area (Å²) in [5.74, 6) is -0.776. The Labute approximate surface area is 132 Å². The van der Waals surface area contributed by atoms with Crippen LogP contribution >= 0.6 is 0 Å². The molecule has 0 saturated carbocycles. The van der Waals surface area contributed by atoms with E-state index in [0.717, 1.165) is 5.69 Å². The van der Waals surface area contributed by atoms with Crippen molar-refractivity contribution in [2.75, 3.05) is 13.1 Å². The van der Waals surface area contributed by atoms with E-state index in [1.807, 2.05) is 46.2 Å². The van der Waals surface area contributed by atoms with Gasteiger partial charge >= 0.3 is 5.97 Å². The first-order valence-electron chi connectivity index (χ1n) is 7.60. The molecule has 0 fully saturated rings. The van der Waals surface area contributed by atoms with E-state index in [4.69, 9.17) is 5.11 Å². The van der Waals surface area contributed by atoms with Crippen LogP contribution in [0.4, 0.5) is 0 Å². The molecule has 0 bridgehead atoms. The number of hydrogen-bond donors (Lipinski definition) is 1. The van der Waals surface area contributed by atoms with Gasteiger partial charge in [0.1, 0.15) is 0 Å². The van der Waals surface area contributed by atoms with Crippen LogP contribution in [-0.4, -0.2) is 44.8 Å². The second kappa shape index (κ2) is 6.94. The Balaban J connectivity index is 3.03. The van der Waals surface area contributed by atoms with Crippen molar-refractivity contribution >= 4 is 11.9 Å². The van der Waals surface area contributed by atoms with Crippen LogP contribution in [0.5, 0.6) is 0 Å². The molecule has 0 aliphatic rings. The van der Waals surface area contributed by atoms with Gasteiger partial charge in [-0.3, -0.25) is 14.3 Å². The number of carboxylic acid groups (broad SMARTS) is 1. The Hall–Kier alpha value is -1.85. The predicted molar refractivity (Wildman–Crippen MR) is 85.0 cm³/mol. The Kier molecular flexibility index (Phi) is 5.74. The molecule has 124 valence electrons. The van der Waals surface area contributed by atoms with Gasteiger partial charge < -0.3 is 10.0 Å². The summed E-state index contributed by atoms with van der Waals surface area (Å²) in [4.78, 5) is 25.1. The molecular formula is C16H27N3O3. The third kappa shape index (κ3) is 4.58. The molecule has 1 aromatic rings. The molecule has 0 aliphatic carbocycles. The summed E-state index contributed by atoms with van der Waals surface area (Å²) in [6.07, 6.45) is 1.53. The lowest BCUT2D eigenvalue weighted by atomic mass is 10.1. The quantitative estimate of drug-likeness (QED) is 0.876. The molecule has 1 aromatic heterocycles. The van der Waals surface area contributed by atoms with Crippen molar-refractivity contribution in [3.8, 4) is 0 Å². The molecule has 1 rings (SSSR count). The average Bonchev–Trinajstić information content (AvgIpc) is 2.74. The standard InChI is InChI=1S/C16H27N3O3/c1-11(2)10-18(8-7-14(20)21)15(22)13-9-17-19(12(13)3)16(4,5)6/h9,11H,7-8,10H2,1-6H3,(H,20,21). The zero-order chi connectivity index (χ0) is 17.1. The summed E-state index contributed by atoms with van der Waals surface area (Å²) in [7, 11) is 0. The van der Waals surface area contributed by atoms with Gasteiger partial charge in [-0.05, 0) is 33.6 Å². The van der Waals surface area contributed by atoms with Crippen LogP contribution in [0, 0.1) is 12.8 Å². The molecule has 0 atom stereocenters. The van der Waals surface area contributed by atoms with Crippen LogP contribution < -0.4 is 0 Å². The fraction of sp³-hybridized carbons (Fsp3) is 0.688. The second-order valence-electron chi connectivity index (χ2n) is 7.02. The van der Waals surface area contributed by atoms with Crippen LogP contribution in [0.2, 0.25) is 0 Å². The number of amides is 1. The fourth-order valence-electron chi connectivity index (χ4n) is 2.41. The maximum absolute atomic E-state index is 12.7. The first-order valence-corrected chi connectivity index (χ1v) is 7.60. The number of aromatic nitrogens is 2. The minimum absolute atomic E-state index is 0.0507. The van der Waals surface area contributed by atoms with E-state index in [1.54, 1.807) is 11.1 Å². The Morgan fingerprint density at radius 3 is 2.36 bits per heavy atom. The van der Waals surface area contributed by atoms with Gasteiger partial charge in [0, 0.05) is 18.8 Å². The zero-order valence-electron chi connectivity index (χ0n) is 14.4. The maximum Gasteiger partial charge on any atom is 0.305 e. The lowest BCUT2D eigenvalue weighted by Gasteiger charge is -2.25. The van der Waals surface area contributed by atoms with Gasteiger partial charge in [0.15, 0.2) is 0 Å². The monoisotopic (exact) mass is 309 g/mol. The topological polar surface area (TPSA) is 75.4 Å². The van der Waals surface area contributed by atoms with E-state index in [1.165, 1.54) is 0 Å². The normalized spacial score (nSPS) is 11.8. The SMILES string of the molecule is Cc1c(C(=O)N(CCC(=O)O)CC(C)C)cnn1C(C)(C)C. The molecule has 0 saturated heterocycles. The molecule has 6 heteroatoms. The van der Waals surface area contributed by atoms with Crippen molar-refractivity contribution in [2.24, 2.45) is 5.92 Å². The number of carboxylic acids is 1. The lowest BCUT2D eigenvalue weighted by molar-refractivity contribution is -0.137. The van der Waals surface area contributed by atoms with Crippen molar-refractivity contribution in [3.05, 3.63) is 17.5 Å². The van der Waals surface area contributed by atoms with Crippen LogP contribution in [-0.2, 0) is 10.3 Å². The summed E-state index contributed by atoms with van der Waals surface area (Å²) in [5.41, 5.74) is 1.15. The van der Waals surface area contributed by atoms with Crippen LogP contribution in [0.1, 0.15) is 57.1 Å². The van der Waals surface area contributed by atoms with E-state index in [9.17, 15) is 9.59 Å². The largest absolute Gasteiger partial charge is 0.481 e. The van der Waals surface area contributed by atoms with Gasteiger partial charge in [0.05, 0.1) is 23.7 Å². The third-order valence-electron chi connectivity index (χ3n) is 3.34. The number of nitrogens with zero attached hydrogens (tertiary/aromatic N) is 3. The van der Waals surface area contributed by atoms with Crippen LogP contribution in [0.3, 0.4) is 0 Å². The van der Waals surface area contributed by atoms with E-state index in [-0.39, 0.29) is 30.3 Å². The van der Waals surface area contributed by atoms with Gasteiger partial charge in [-0.25, -0.2) is 0 Å². The molecular weight excluding hydrogens is 282 g/mol. The minimum atomic E-state index is -0.899. The van der Waals surface area contributed by atoms with Gasteiger partial charge in [-0.15, -0.1) is 0 Å². The Morgan fingerprint density at radius 2 is 1.95 bits per heavy atom. The highest BCUT2D eigenvalue weighted by Crippen LogP contribution is 2.20. The Morgan fingerprint density at radius 1 is 1.36 bits per heavy atom. The summed E-state index contributed by atoms with van der Waals surface area (Å²) in [6.45, 7) is 12.7. The van der Waals surface area contributed by atoms with Gasteiger partial charge in [-0.2, -0.15) is 5.10 Å². The highest BCUT2D eigenvalue weighted by molar-refractivity contribution is 5.95. The first kappa shape index (κ1) is 18.2. The highest BCUT2D eigenvalue weighted by atomic mass is 16.4. The number of carbonyl (C=O) groups is 2. The minimum Gasteiger partial charge on any atom is -0.481 e. The van der Waals surface area contributed by atoms with E-state index < -0.39 is 5.97 Å². The molecule has 1 N–H and O–H groups in total. The van der Waals surface area contributed by atoms with E-state index in [2.05, 4.69) is 5.10 Å². The van der Waals surface area contributed by atoms with Crippen LogP contribution in [0.25, 0.3) is 0 Å². The van der Waals surface area contributed by atoms with E-state index >= 15 is 0 Å². The molecule has 1 heterocycles. The van der Waals surface area contributed by atoms with Crippen molar-refractivity contribution in [3.63, 3.8) is 0 Å². The fourth-order valence-corrected chi connectivity index (χ4v) is 2.41. The molecule has 0 spiro atoms. The number of aliphatic carboxylic acids is 1. The molecule has 0 aromatic carbocycles.